The number of hydrogen-bond donors (Lipinski definition) is 1. The van der Waals surface area contributed by atoms with E-state index in [-0.39, 0.29) is 11.5 Å². The number of benzene rings is 2. The fourth-order valence-electron chi connectivity index (χ4n) is 3.40. The third-order valence-electron chi connectivity index (χ3n) is 5.15. The Labute approximate surface area is 179 Å². The van der Waals surface area contributed by atoms with E-state index in [4.69, 9.17) is 0 Å². The number of hydrogen-bond acceptors (Lipinski definition) is 4. The topological polar surface area (TPSA) is 64.0 Å². The highest BCUT2D eigenvalue weighted by atomic mass is 32.1. The van der Waals surface area contributed by atoms with E-state index >= 15 is 0 Å². The molecule has 0 fully saturated rings. The van der Waals surface area contributed by atoms with Crippen LogP contribution in [-0.4, -0.2) is 15.5 Å². The number of fused-ring (bicyclic) bond motifs is 1. The van der Waals surface area contributed by atoms with Crippen LogP contribution in [0.2, 0.25) is 0 Å². The second-order valence-electron chi connectivity index (χ2n) is 7.63. The molecule has 0 aliphatic rings. The largest absolute Gasteiger partial charge is 0.321 e. The average Bonchev–Trinajstić information content (AvgIpc) is 3.08. The van der Waals surface area contributed by atoms with Crippen molar-refractivity contribution in [2.45, 2.75) is 33.2 Å². The molecule has 0 saturated heterocycles. The van der Waals surface area contributed by atoms with Gasteiger partial charge in [0.2, 0.25) is 0 Å². The molecule has 4 rings (SSSR count). The number of nitrogens with zero attached hydrogens (tertiary/aromatic N) is 2. The maximum Gasteiger partial charge on any atom is 0.266 e. The Morgan fingerprint density at radius 3 is 2.47 bits per heavy atom. The molecule has 0 aliphatic carbocycles. The molecule has 2 heterocycles. The minimum atomic E-state index is -0.225. The van der Waals surface area contributed by atoms with Gasteiger partial charge in [-0.05, 0) is 41.7 Å². The zero-order valence-electron chi connectivity index (χ0n) is 17.2. The zero-order valence-corrected chi connectivity index (χ0v) is 18.0. The van der Waals surface area contributed by atoms with Gasteiger partial charge in [-0.1, -0.05) is 56.3 Å². The molecule has 6 heteroatoms. The average molecular weight is 418 g/mol. The van der Waals surface area contributed by atoms with Gasteiger partial charge in [0.15, 0.2) is 0 Å². The highest BCUT2D eigenvalue weighted by Crippen LogP contribution is 2.27. The lowest BCUT2D eigenvalue weighted by atomic mass is 10.0. The molecule has 0 radical (unpaired) electrons. The van der Waals surface area contributed by atoms with Gasteiger partial charge < -0.3 is 5.32 Å². The SMILES string of the molecule is Cc1c(C(=O)Nc2ccccc2)sc2ncn(Cc3ccc(C(C)C)cc3)c(=O)c12. The Morgan fingerprint density at radius 1 is 1.10 bits per heavy atom. The van der Waals surface area contributed by atoms with Gasteiger partial charge in [-0.3, -0.25) is 14.2 Å². The molecule has 2 aromatic heterocycles. The molecular formula is C24H23N3O2S. The lowest BCUT2D eigenvalue weighted by Crippen LogP contribution is -2.21. The summed E-state index contributed by atoms with van der Waals surface area (Å²) >= 11 is 1.25. The summed E-state index contributed by atoms with van der Waals surface area (Å²) in [4.78, 5) is 31.4. The van der Waals surface area contributed by atoms with E-state index in [1.54, 1.807) is 10.9 Å². The third kappa shape index (κ3) is 3.91. The van der Waals surface area contributed by atoms with Crippen molar-refractivity contribution in [3.63, 3.8) is 0 Å². The Bertz CT molecular complexity index is 1260. The number of amides is 1. The Hall–Kier alpha value is -3.25. The fourth-order valence-corrected chi connectivity index (χ4v) is 4.44. The van der Waals surface area contributed by atoms with Crippen molar-refractivity contribution in [2.24, 2.45) is 0 Å². The van der Waals surface area contributed by atoms with Gasteiger partial charge in [-0.25, -0.2) is 4.98 Å². The highest BCUT2D eigenvalue weighted by molar-refractivity contribution is 7.20. The van der Waals surface area contributed by atoms with Crippen LogP contribution in [0.3, 0.4) is 0 Å². The number of nitrogens with one attached hydrogen (secondary N) is 1. The summed E-state index contributed by atoms with van der Waals surface area (Å²) in [5.41, 5.74) is 3.57. The maximum absolute atomic E-state index is 13.1. The van der Waals surface area contributed by atoms with Crippen molar-refractivity contribution in [1.29, 1.82) is 0 Å². The Balaban J connectivity index is 1.65. The van der Waals surface area contributed by atoms with Crippen LogP contribution in [0.1, 0.15) is 46.1 Å². The zero-order chi connectivity index (χ0) is 21.3. The summed E-state index contributed by atoms with van der Waals surface area (Å²) in [6.45, 7) is 6.56. The van der Waals surface area contributed by atoms with Crippen LogP contribution in [-0.2, 0) is 6.54 Å². The number of anilines is 1. The molecule has 152 valence electrons. The van der Waals surface area contributed by atoms with Crippen LogP contribution in [0.15, 0.2) is 65.7 Å². The first-order valence-electron chi connectivity index (χ1n) is 9.88. The monoisotopic (exact) mass is 417 g/mol. The van der Waals surface area contributed by atoms with Crippen LogP contribution >= 0.6 is 11.3 Å². The first-order valence-corrected chi connectivity index (χ1v) is 10.7. The number of rotatable bonds is 5. The fraction of sp³-hybridized carbons (Fsp3) is 0.208. The number of aryl methyl sites for hydroxylation is 1. The highest BCUT2D eigenvalue weighted by Gasteiger charge is 2.19. The molecule has 5 nitrogen and oxygen atoms in total. The second-order valence-corrected chi connectivity index (χ2v) is 8.63. The van der Waals surface area contributed by atoms with Crippen LogP contribution in [0.25, 0.3) is 10.2 Å². The summed E-state index contributed by atoms with van der Waals surface area (Å²) < 4.78 is 1.60. The van der Waals surface area contributed by atoms with Crippen molar-refractivity contribution in [3.05, 3.63) is 92.8 Å². The summed E-state index contributed by atoms with van der Waals surface area (Å²) in [6, 6.07) is 17.6. The number of carbonyl (C=O) groups excluding carboxylic acids is 1. The third-order valence-corrected chi connectivity index (χ3v) is 6.35. The first-order chi connectivity index (χ1) is 14.4. The van der Waals surface area contributed by atoms with Gasteiger partial charge in [0, 0.05) is 5.69 Å². The molecule has 1 N–H and O–H groups in total. The van der Waals surface area contributed by atoms with E-state index in [1.165, 1.54) is 16.9 Å². The minimum Gasteiger partial charge on any atom is -0.321 e. The van der Waals surface area contributed by atoms with Crippen molar-refractivity contribution in [2.75, 3.05) is 5.32 Å². The molecule has 30 heavy (non-hydrogen) atoms. The van der Waals surface area contributed by atoms with E-state index in [0.29, 0.717) is 33.1 Å². The van der Waals surface area contributed by atoms with E-state index in [2.05, 4.69) is 36.3 Å². The molecule has 0 unspecified atom stereocenters. The molecule has 0 bridgehead atoms. The van der Waals surface area contributed by atoms with Crippen molar-refractivity contribution >= 4 is 33.1 Å². The number of thiophene rings is 1. The Morgan fingerprint density at radius 2 is 1.80 bits per heavy atom. The van der Waals surface area contributed by atoms with Gasteiger partial charge in [0.25, 0.3) is 11.5 Å². The van der Waals surface area contributed by atoms with E-state index in [9.17, 15) is 9.59 Å². The minimum absolute atomic E-state index is 0.125. The van der Waals surface area contributed by atoms with Gasteiger partial charge in [-0.2, -0.15) is 0 Å². The quantitative estimate of drug-likeness (QED) is 0.486. The lowest BCUT2D eigenvalue weighted by Gasteiger charge is -2.09. The summed E-state index contributed by atoms with van der Waals surface area (Å²) in [7, 11) is 0. The molecule has 2 aromatic carbocycles. The van der Waals surface area contributed by atoms with Crippen LogP contribution < -0.4 is 10.9 Å². The van der Waals surface area contributed by atoms with E-state index in [0.717, 1.165) is 11.3 Å². The molecule has 0 saturated carbocycles. The summed E-state index contributed by atoms with van der Waals surface area (Å²) in [5.74, 6) is 0.241. The van der Waals surface area contributed by atoms with Crippen LogP contribution in [0.5, 0.6) is 0 Å². The lowest BCUT2D eigenvalue weighted by molar-refractivity contribution is 0.103. The molecule has 0 atom stereocenters. The van der Waals surface area contributed by atoms with Crippen molar-refractivity contribution < 1.29 is 4.79 Å². The van der Waals surface area contributed by atoms with Gasteiger partial charge in [0.1, 0.15) is 4.83 Å². The number of aromatic nitrogens is 2. The Kier molecular flexibility index (Phi) is 5.50. The summed E-state index contributed by atoms with van der Waals surface area (Å²) in [6.07, 6.45) is 1.57. The maximum atomic E-state index is 13.1. The molecule has 4 aromatic rings. The normalized spacial score (nSPS) is 11.2. The van der Waals surface area contributed by atoms with Crippen molar-refractivity contribution in [3.8, 4) is 0 Å². The predicted octanol–water partition coefficient (Wildman–Crippen LogP) is 5.19. The van der Waals surface area contributed by atoms with Gasteiger partial charge in [-0.15, -0.1) is 11.3 Å². The molecule has 0 aliphatic heterocycles. The number of carbonyl (C=O) groups is 1. The van der Waals surface area contributed by atoms with E-state index < -0.39 is 0 Å². The summed E-state index contributed by atoms with van der Waals surface area (Å²) in [5, 5.41) is 3.40. The van der Waals surface area contributed by atoms with Crippen molar-refractivity contribution in [1.82, 2.24) is 9.55 Å². The van der Waals surface area contributed by atoms with E-state index in [1.807, 2.05) is 49.4 Å². The molecule has 0 spiro atoms. The standard InChI is InChI=1S/C24H23N3O2S/c1-15(2)18-11-9-17(10-12-18)13-27-14-25-23-20(24(27)29)16(3)21(30-23)22(28)26-19-7-5-4-6-8-19/h4-12,14-15H,13H2,1-3H3,(H,26,28). The van der Waals surface area contributed by atoms with Gasteiger partial charge in [0.05, 0.1) is 23.1 Å². The molecular weight excluding hydrogens is 394 g/mol. The predicted molar refractivity (Wildman–Crippen MR) is 123 cm³/mol. The van der Waals surface area contributed by atoms with Crippen LogP contribution in [0, 0.1) is 6.92 Å². The molecule has 1 amide bonds. The number of para-hydroxylation sites is 1. The van der Waals surface area contributed by atoms with Gasteiger partial charge >= 0.3 is 0 Å². The first kappa shape index (κ1) is 20.0. The second kappa shape index (κ2) is 8.24. The smallest absolute Gasteiger partial charge is 0.266 e. The van der Waals surface area contributed by atoms with Crippen LogP contribution in [0.4, 0.5) is 5.69 Å².